The fourth-order valence-electron chi connectivity index (χ4n) is 2.19. The molecular formula is C14H20N4O2. The molecule has 20 heavy (non-hydrogen) atoms. The standard InChI is InChI=1S/C14H20N4O2/c1-3-17-7-9-18(10-8-17)14(20)13(19)16-12-6-4-5-11(2)15-12/h4-6H,3,7-10H2,1-2H3,(H,15,16,19). The molecule has 6 heteroatoms. The third kappa shape index (κ3) is 3.54. The lowest BCUT2D eigenvalue weighted by atomic mass is 10.3. The first kappa shape index (κ1) is 14.5. The molecule has 2 amide bonds. The van der Waals surface area contributed by atoms with E-state index in [2.05, 4.69) is 22.1 Å². The number of pyridine rings is 1. The number of aromatic nitrogens is 1. The van der Waals surface area contributed by atoms with Gasteiger partial charge in [0, 0.05) is 31.9 Å². The van der Waals surface area contributed by atoms with Crippen LogP contribution >= 0.6 is 0 Å². The minimum atomic E-state index is -0.618. The Morgan fingerprint density at radius 1 is 1.25 bits per heavy atom. The normalized spacial score (nSPS) is 16.0. The molecule has 0 aliphatic carbocycles. The largest absolute Gasteiger partial charge is 0.332 e. The summed E-state index contributed by atoms with van der Waals surface area (Å²) in [5.74, 6) is -0.687. The van der Waals surface area contributed by atoms with E-state index < -0.39 is 11.8 Å². The van der Waals surface area contributed by atoms with E-state index in [0.29, 0.717) is 18.9 Å². The Balaban J connectivity index is 1.91. The number of carbonyl (C=O) groups excluding carboxylic acids is 2. The zero-order valence-electron chi connectivity index (χ0n) is 11.9. The Morgan fingerprint density at radius 3 is 2.55 bits per heavy atom. The number of hydrogen-bond acceptors (Lipinski definition) is 4. The Morgan fingerprint density at radius 2 is 1.95 bits per heavy atom. The van der Waals surface area contributed by atoms with Crippen molar-refractivity contribution in [2.75, 3.05) is 38.0 Å². The van der Waals surface area contributed by atoms with Gasteiger partial charge in [0.15, 0.2) is 0 Å². The second kappa shape index (κ2) is 6.47. The molecule has 1 aromatic rings. The van der Waals surface area contributed by atoms with Crippen molar-refractivity contribution in [3.8, 4) is 0 Å². The average Bonchev–Trinajstić information content (AvgIpc) is 2.46. The van der Waals surface area contributed by atoms with E-state index in [1.807, 2.05) is 13.0 Å². The lowest BCUT2D eigenvalue weighted by Crippen LogP contribution is -2.51. The third-order valence-corrected chi connectivity index (χ3v) is 3.43. The highest BCUT2D eigenvalue weighted by Crippen LogP contribution is 2.06. The zero-order valence-corrected chi connectivity index (χ0v) is 11.9. The van der Waals surface area contributed by atoms with Crippen molar-refractivity contribution in [3.05, 3.63) is 23.9 Å². The molecule has 0 saturated carbocycles. The van der Waals surface area contributed by atoms with Gasteiger partial charge in [-0.2, -0.15) is 0 Å². The minimum Gasteiger partial charge on any atom is -0.332 e. The van der Waals surface area contributed by atoms with Gasteiger partial charge in [-0.3, -0.25) is 9.59 Å². The molecule has 6 nitrogen and oxygen atoms in total. The van der Waals surface area contributed by atoms with Gasteiger partial charge in [-0.05, 0) is 25.6 Å². The van der Waals surface area contributed by atoms with Gasteiger partial charge < -0.3 is 15.1 Å². The van der Waals surface area contributed by atoms with Crippen LogP contribution in [-0.4, -0.2) is 59.3 Å². The average molecular weight is 276 g/mol. The quantitative estimate of drug-likeness (QED) is 0.799. The van der Waals surface area contributed by atoms with Gasteiger partial charge in [-0.1, -0.05) is 13.0 Å². The third-order valence-electron chi connectivity index (χ3n) is 3.43. The van der Waals surface area contributed by atoms with Crippen molar-refractivity contribution in [1.82, 2.24) is 14.8 Å². The second-order valence-corrected chi connectivity index (χ2v) is 4.84. The summed E-state index contributed by atoms with van der Waals surface area (Å²) < 4.78 is 0. The van der Waals surface area contributed by atoms with Gasteiger partial charge in [0.1, 0.15) is 5.82 Å². The van der Waals surface area contributed by atoms with Gasteiger partial charge in [0.25, 0.3) is 0 Å². The SMILES string of the molecule is CCN1CCN(C(=O)C(=O)Nc2cccc(C)n2)CC1. The van der Waals surface area contributed by atoms with Gasteiger partial charge in [-0.25, -0.2) is 4.98 Å². The summed E-state index contributed by atoms with van der Waals surface area (Å²) >= 11 is 0. The van der Waals surface area contributed by atoms with Crippen LogP contribution in [0.15, 0.2) is 18.2 Å². The fourth-order valence-corrected chi connectivity index (χ4v) is 2.19. The Bertz CT molecular complexity index is 496. The highest BCUT2D eigenvalue weighted by molar-refractivity contribution is 6.39. The molecule has 2 rings (SSSR count). The molecule has 0 spiro atoms. The Hall–Kier alpha value is -1.95. The number of aryl methyl sites for hydroxylation is 1. The fraction of sp³-hybridized carbons (Fsp3) is 0.500. The summed E-state index contributed by atoms with van der Waals surface area (Å²) in [5, 5.41) is 2.55. The maximum Gasteiger partial charge on any atom is 0.315 e. The number of hydrogen-bond donors (Lipinski definition) is 1. The van der Waals surface area contributed by atoms with Gasteiger partial charge in [0.2, 0.25) is 0 Å². The van der Waals surface area contributed by atoms with Crippen LogP contribution in [0.1, 0.15) is 12.6 Å². The lowest BCUT2D eigenvalue weighted by molar-refractivity contribution is -0.144. The molecule has 0 aromatic carbocycles. The van der Waals surface area contributed by atoms with Gasteiger partial charge >= 0.3 is 11.8 Å². The van der Waals surface area contributed by atoms with Crippen LogP contribution in [0.3, 0.4) is 0 Å². The summed E-state index contributed by atoms with van der Waals surface area (Å²) in [5.41, 5.74) is 0.798. The monoisotopic (exact) mass is 276 g/mol. The smallest absolute Gasteiger partial charge is 0.315 e. The number of rotatable bonds is 2. The van der Waals surface area contributed by atoms with Crippen LogP contribution < -0.4 is 5.32 Å². The molecule has 1 aliphatic rings. The van der Waals surface area contributed by atoms with Crippen molar-refractivity contribution >= 4 is 17.6 Å². The Kier molecular flexibility index (Phi) is 4.68. The number of anilines is 1. The van der Waals surface area contributed by atoms with Crippen LogP contribution in [0, 0.1) is 6.92 Å². The molecule has 0 radical (unpaired) electrons. The highest BCUT2D eigenvalue weighted by Gasteiger charge is 2.25. The summed E-state index contributed by atoms with van der Waals surface area (Å²) in [4.78, 5) is 32.0. The van der Waals surface area contributed by atoms with Crippen molar-refractivity contribution in [2.45, 2.75) is 13.8 Å². The Labute approximate surface area is 118 Å². The number of nitrogens with one attached hydrogen (secondary N) is 1. The van der Waals surface area contributed by atoms with E-state index in [9.17, 15) is 9.59 Å². The molecular weight excluding hydrogens is 256 g/mol. The molecule has 1 N–H and O–H groups in total. The zero-order chi connectivity index (χ0) is 14.5. The molecule has 1 aliphatic heterocycles. The number of likely N-dealkylation sites (N-methyl/N-ethyl adjacent to an activating group) is 1. The molecule has 1 aromatic heterocycles. The van der Waals surface area contributed by atoms with Crippen molar-refractivity contribution in [3.63, 3.8) is 0 Å². The minimum absolute atomic E-state index is 0.413. The molecule has 0 unspecified atom stereocenters. The van der Waals surface area contributed by atoms with E-state index in [1.165, 1.54) is 0 Å². The number of nitrogens with zero attached hydrogens (tertiary/aromatic N) is 3. The summed E-state index contributed by atoms with van der Waals surface area (Å²) in [7, 11) is 0. The van der Waals surface area contributed by atoms with Gasteiger partial charge in [0.05, 0.1) is 0 Å². The first-order valence-electron chi connectivity index (χ1n) is 6.86. The highest BCUT2D eigenvalue weighted by atomic mass is 16.2. The molecule has 0 bridgehead atoms. The van der Waals surface area contributed by atoms with Crippen LogP contribution in [0.4, 0.5) is 5.82 Å². The van der Waals surface area contributed by atoms with Crippen LogP contribution in [-0.2, 0) is 9.59 Å². The lowest BCUT2D eigenvalue weighted by Gasteiger charge is -2.33. The molecule has 1 saturated heterocycles. The predicted octanol–water partition coefficient (Wildman–Crippen LogP) is 0.493. The first-order chi connectivity index (χ1) is 9.60. The van der Waals surface area contributed by atoms with E-state index in [1.54, 1.807) is 17.0 Å². The van der Waals surface area contributed by atoms with Gasteiger partial charge in [-0.15, -0.1) is 0 Å². The summed E-state index contributed by atoms with van der Waals surface area (Å²) in [6.07, 6.45) is 0. The molecule has 0 atom stereocenters. The number of piperazine rings is 1. The van der Waals surface area contributed by atoms with E-state index in [-0.39, 0.29) is 0 Å². The number of amides is 2. The summed E-state index contributed by atoms with van der Waals surface area (Å²) in [6.45, 7) is 7.73. The van der Waals surface area contributed by atoms with E-state index in [0.717, 1.165) is 25.3 Å². The first-order valence-corrected chi connectivity index (χ1v) is 6.86. The predicted molar refractivity (Wildman–Crippen MR) is 76.3 cm³/mol. The molecule has 108 valence electrons. The molecule has 1 fully saturated rings. The van der Waals surface area contributed by atoms with Crippen LogP contribution in [0.2, 0.25) is 0 Å². The topological polar surface area (TPSA) is 65.5 Å². The second-order valence-electron chi connectivity index (χ2n) is 4.84. The summed E-state index contributed by atoms with van der Waals surface area (Å²) in [6, 6.07) is 5.30. The maximum absolute atomic E-state index is 12.0. The molecule has 2 heterocycles. The van der Waals surface area contributed by atoms with Crippen molar-refractivity contribution < 1.29 is 9.59 Å². The van der Waals surface area contributed by atoms with Crippen LogP contribution in [0.5, 0.6) is 0 Å². The van der Waals surface area contributed by atoms with E-state index >= 15 is 0 Å². The van der Waals surface area contributed by atoms with Crippen LogP contribution in [0.25, 0.3) is 0 Å². The number of carbonyl (C=O) groups is 2. The van der Waals surface area contributed by atoms with E-state index in [4.69, 9.17) is 0 Å². The maximum atomic E-state index is 12.0. The van der Waals surface area contributed by atoms with Crippen molar-refractivity contribution in [1.29, 1.82) is 0 Å². The van der Waals surface area contributed by atoms with Crippen molar-refractivity contribution in [2.24, 2.45) is 0 Å².